The summed E-state index contributed by atoms with van der Waals surface area (Å²) in [6, 6.07) is 6.78. The molecule has 2 bridgehead atoms. The van der Waals surface area contributed by atoms with E-state index in [1.807, 2.05) is 6.07 Å². The van der Waals surface area contributed by atoms with Gasteiger partial charge in [-0.05, 0) is 72.7 Å². The van der Waals surface area contributed by atoms with E-state index in [1.54, 1.807) is 0 Å². The molecule has 3 nitrogen and oxygen atoms in total. The van der Waals surface area contributed by atoms with Gasteiger partial charge in [0, 0.05) is 18.2 Å². The summed E-state index contributed by atoms with van der Waals surface area (Å²) in [5, 5.41) is 0. The number of likely N-dealkylation sites (tertiary alicyclic amines) is 1. The molecule has 1 saturated heterocycles. The van der Waals surface area contributed by atoms with Crippen molar-refractivity contribution in [3.8, 4) is 0 Å². The Labute approximate surface area is 132 Å². The van der Waals surface area contributed by atoms with E-state index < -0.39 is 0 Å². The Morgan fingerprint density at radius 3 is 2.86 bits per heavy atom. The molecule has 0 radical (unpaired) electrons. The predicted molar refractivity (Wildman–Crippen MR) is 87.9 cm³/mol. The number of carbonyl (C=O) groups is 1. The second-order valence-corrected chi connectivity index (χ2v) is 7.90. The van der Waals surface area contributed by atoms with Gasteiger partial charge in [-0.25, -0.2) is 0 Å². The van der Waals surface area contributed by atoms with E-state index in [0.717, 1.165) is 12.3 Å². The Balaban J connectivity index is 1.72. The summed E-state index contributed by atoms with van der Waals surface area (Å²) in [7, 11) is 0. The fourth-order valence-corrected chi connectivity index (χ4v) is 4.72. The first kappa shape index (κ1) is 14.3. The molecule has 2 aliphatic carbocycles. The van der Waals surface area contributed by atoms with Crippen LogP contribution in [0.2, 0.25) is 0 Å². The Bertz CT molecular complexity index is 622. The van der Waals surface area contributed by atoms with E-state index in [4.69, 9.17) is 5.73 Å². The molecule has 118 valence electrons. The van der Waals surface area contributed by atoms with Crippen LogP contribution in [-0.2, 0) is 11.8 Å². The van der Waals surface area contributed by atoms with Crippen LogP contribution in [0.4, 0.5) is 0 Å². The van der Waals surface area contributed by atoms with Crippen LogP contribution in [0.25, 0.3) is 0 Å². The predicted octanol–water partition coefficient (Wildman–Crippen LogP) is 2.72. The average molecular weight is 298 g/mol. The highest BCUT2D eigenvalue weighted by molar-refractivity contribution is 5.93. The molecular weight excluding hydrogens is 272 g/mol. The summed E-state index contributed by atoms with van der Waals surface area (Å²) in [6.07, 6.45) is 5.16. The minimum atomic E-state index is -0.313. The van der Waals surface area contributed by atoms with E-state index in [9.17, 15) is 4.79 Å². The van der Waals surface area contributed by atoms with E-state index in [-0.39, 0.29) is 11.3 Å². The number of hydrogen-bond donors (Lipinski definition) is 1. The van der Waals surface area contributed by atoms with Crippen molar-refractivity contribution in [2.24, 2.45) is 17.6 Å². The zero-order valence-corrected chi connectivity index (χ0v) is 13.6. The molecule has 22 heavy (non-hydrogen) atoms. The molecule has 3 heteroatoms. The zero-order valence-electron chi connectivity index (χ0n) is 13.6. The van der Waals surface area contributed by atoms with Crippen LogP contribution in [0.5, 0.6) is 0 Å². The van der Waals surface area contributed by atoms with Crippen molar-refractivity contribution in [3.05, 3.63) is 34.9 Å². The number of benzene rings is 1. The first-order valence-electron chi connectivity index (χ1n) is 8.66. The standard InChI is InChI=1S/C19H26N2O/c1-12-17-10-14-5-6-15(18(20)22)9-16(14)19(12,2)7-8-21(17)11-13-3-4-13/h5-6,9,12-13,17H,3-4,7-8,10-11H2,1-2H3,(H2,20,22)/t12?,17?,19-/m1/s1. The highest BCUT2D eigenvalue weighted by Gasteiger charge is 2.49. The van der Waals surface area contributed by atoms with Crippen molar-refractivity contribution in [2.45, 2.75) is 51.0 Å². The molecule has 2 unspecified atom stereocenters. The van der Waals surface area contributed by atoms with Gasteiger partial charge >= 0.3 is 0 Å². The summed E-state index contributed by atoms with van der Waals surface area (Å²) in [5.74, 6) is 1.28. The number of primary amides is 1. The largest absolute Gasteiger partial charge is 0.366 e. The Kier molecular flexibility index (Phi) is 3.12. The number of hydrogen-bond acceptors (Lipinski definition) is 2. The van der Waals surface area contributed by atoms with Gasteiger partial charge in [0.2, 0.25) is 5.91 Å². The number of amides is 1. The summed E-state index contributed by atoms with van der Waals surface area (Å²) in [5.41, 5.74) is 9.13. The van der Waals surface area contributed by atoms with Crippen molar-refractivity contribution in [2.75, 3.05) is 13.1 Å². The molecule has 2 fully saturated rings. The molecule has 3 atom stereocenters. The molecule has 1 heterocycles. The van der Waals surface area contributed by atoms with Gasteiger partial charge in [0.05, 0.1) is 0 Å². The number of carbonyl (C=O) groups excluding carboxylic acids is 1. The molecule has 1 aliphatic heterocycles. The van der Waals surface area contributed by atoms with Crippen molar-refractivity contribution < 1.29 is 4.79 Å². The van der Waals surface area contributed by atoms with E-state index in [0.29, 0.717) is 17.5 Å². The lowest BCUT2D eigenvalue weighted by molar-refractivity contribution is 0.0284. The lowest BCUT2D eigenvalue weighted by atomic mass is 9.59. The second kappa shape index (κ2) is 4.82. The Morgan fingerprint density at radius 1 is 1.41 bits per heavy atom. The molecule has 1 amide bonds. The van der Waals surface area contributed by atoms with Crippen LogP contribution in [0, 0.1) is 11.8 Å². The topological polar surface area (TPSA) is 46.3 Å². The summed E-state index contributed by atoms with van der Waals surface area (Å²) in [4.78, 5) is 14.3. The number of rotatable bonds is 3. The first-order valence-corrected chi connectivity index (χ1v) is 8.66. The van der Waals surface area contributed by atoms with Crippen molar-refractivity contribution in [1.82, 2.24) is 4.90 Å². The number of fused-ring (bicyclic) bond motifs is 4. The third kappa shape index (κ3) is 2.10. The normalized spacial score (nSPS) is 34.3. The van der Waals surface area contributed by atoms with Gasteiger partial charge in [0.15, 0.2) is 0 Å². The number of piperidine rings is 1. The SMILES string of the molecule is CC1C2Cc3ccc(C(N)=O)cc3[C@]1(C)CCN2CC1CC1. The fourth-order valence-electron chi connectivity index (χ4n) is 4.72. The molecule has 0 spiro atoms. The fraction of sp³-hybridized carbons (Fsp3) is 0.632. The van der Waals surface area contributed by atoms with Gasteiger partial charge in [0.25, 0.3) is 0 Å². The van der Waals surface area contributed by atoms with Crippen LogP contribution in [0.1, 0.15) is 54.6 Å². The van der Waals surface area contributed by atoms with Gasteiger partial charge in [-0.3, -0.25) is 9.69 Å². The highest BCUT2D eigenvalue weighted by atomic mass is 16.1. The van der Waals surface area contributed by atoms with E-state index in [1.165, 1.54) is 43.5 Å². The minimum absolute atomic E-state index is 0.184. The molecule has 4 rings (SSSR count). The van der Waals surface area contributed by atoms with Crippen molar-refractivity contribution in [3.63, 3.8) is 0 Å². The minimum Gasteiger partial charge on any atom is -0.366 e. The smallest absolute Gasteiger partial charge is 0.248 e. The van der Waals surface area contributed by atoms with Gasteiger partial charge < -0.3 is 5.73 Å². The van der Waals surface area contributed by atoms with Gasteiger partial charge in [-0.2, -0.15) is 0 Å². The molecule has 0 aromatic heterocycles. The number of nitrogens with two attached hydrogens (primary N) is 1. The quantitative estimate of drug-likeness (QED) is 0.932. The van der Waals surface area contributed by atoms with Crippen LogP contribution in [-0.4, -0.2) is 29.9 Å². The van der Waals surface area contributed by atoms with Crippen LogP contribution >= 0.6 is 0 Å². The summed E-state index contributed by atoms with van der Waals surface area (Å²) >= 11 is 0. The lowest BCUT2D eigenvalue weighted by Gasteiger charge is -2.55. The molecule has 3 aliphatic rings. The monoisotopic (exact) mass is 298 g/mol. The lowest BCUT2D eigenvalue weighted by Crippen LogP contribution is -2.58. The number of nitrogens with zero attached hydrogens (tertiary/aromatic N) is 1. The zero-order chi connectivity index (χ0) is 15.5. The molecular formula is C19H26N2O. The van der Waals surface area contributed by atoms with E-state index >= 15 is 0 Å². The third-order valence-corrected chi connectivity index (χ3v) is 6.60. The van der Waals surface area contributed by atoms with E-state index in [2.05, 4.69) is 30.9 Å². The second-order valence-electron chi connectivity index (χ2n) is 7.90. The highest BCUT2D eigenvalue weighted by Crippen LogP contribution is 2.49. The first-order chi connectivity index (χ1) is 10.5. The van der Waals surface area contributed by atoms with Crippen LogP contribution < -0.4 is 5.73 Å². The van der Waals surface area contributed by atoms with Crippen molar-refractivity contribution in [1.29, 1.82) is 0 Å². The van der Waals surface area contributed by atoms with Gasteiger partial charge in [0.1, 0.15) is 0 Å². The molecule has 1 saturated carbocycles. The van der Waals surface area contributed by atoms with Crippen LogP contribution in [0.15, 0.2) is 18.2 Å². The van der Waals surface area contributed by atoms with Crippen LogP contribution in [0.3, 0.4) is 0 Å². The Morgan fingerprint density at radius 2 is 2.18 bits per heavy atom. The molecule has 1 aromatic rings. The summed E-state index contributed by atoms with van der Waals surface area (Å²) < 4.78 is 0. The Hall–Kier alpha value is -1.35. The van der Waals surface area contributed by atoms with Crippen molar-refractivity contribution >= 4 is 5.91 Å². The third-order valence-electron chi connectivity index (χ3n) is 6.60. The maximum absolute atomic E-state index is 11.5. The molecule has 2 N–H and O–H groups in total. The maximum atomic E-state index is 11.5. The average Bonchev–Trinajstić information content (AvgIpc) is 3.29. The van der Waals surface area contributed by atoms with Gasteiger partial charge in [-0.1, -0.05) is 19.9 Å². The molecule has 1 aromatic carbocycles. The summed E-state index contributed by atoms with van der Waals surface area (Å²) in [6.45, 7) is 7.29. The maximum Gasteiger partial charge on any atom is 0.248 e. The van der Waals surface area contributed by atoms with Gasteiger partial charge in [-0.15, -0.1) is 0 Å².